The molecular weight excluding hydrogens is 294 g/mol. The molecule has 18 heavy (non-hydrogen) atoms. The maximum Gasteiger partial charge on any atom is 0.218 e. The molecule has 0 aliphatic carbocycles. The molecule has 0 spiro atoms. The van der Waals surface area contributed by atoms with E-state index < -0.39 is 6.10 Å². The molecular formula is C14H24BrNO2. The molecule has 0 saturated carbocycles. The van der Waals surface area contributed by atoms with Gasteiger partial charge in [-0.15, -0.1) is 0 Å². The molecule has 0 fully saturated rings. The van der Waals surface area contributed by atoms with Crippen molar-refractivity contribution in [2.24, 2.45) is 0 Å². The Morgan fingerprint density at radius 1 is 1.17 bits per heavy atom. The Hall–Kier alpha value is -0.420. The predicted octanol–water partition coefficient (Wildman–Crippen LogP) is -1.34. The first-order chi connectivity index (χ1) is 7.91. The minimum absolute atomic E-state index is 0. The van der Waals surface area contributed by atoms with Crippen molar-refractivity contribution in [3.63, 3.8) is 0 Å². The summed E-state index contributed by atoms with van der Waals surface area (Å²) in [5.41, 5.74) is 1.26. The number of aliphatic hydroxyl groups excluding tert-OH is 1. The van der Waals surface area contributed by atoms with Crippen LogP contribution in [-0.2, 0) is 11.2 Å². The van der Waals surface area contributed by atoms with Gasteiger partial charge in [0, 0.05) is 0 Å². The first-order valence-electron chi connectivity index (χ1n) is 6.06. The highest BCUT2D eigenvalue weighted by Crippen LogP contribution is 2.10. The van der Waals surface area contributed by atoms with Gasteiger partial charge in [0.25, 0.3) is 0 Å². The lowest BCUT2D eigenvalue weighted by molar-refractivity contribution is -0.923. The van der Waals surface area contributed by atoms with Crippen LogP contribution in [0.15, 0.2) is 30.3 Å². The van der Waals surface area contributed by atoms with E-state index in [0.717, 1.165) is 6.42 Å². The molecule has 0 radical (unpaired) electrons. The Bertz CT molecular complexity index is 322. The Balaban J connectivity index is 0.00000289. The van der Waals surface area contributed by atoms with Crippen LogP contribution in [0.3, 0.4) is 0 Å². The van der Waals surface area contributed by atoms with Crippen LogP contribution >= 0.6 is 0 Å². The van der Waals surface area contributed by atoms with Gasteiger partial charge in [-0.25, -0.2) is 0 Å². The van der Waals surface area contributed by atoms with Crippen LogP contribution in [0, 0.1) is 0 Å². The molecule has 2 unspecified atom stereocenters. The highest BCUT2D eigenvalue weighted by molar-refractivity contribution is 5.14. The van der Waals surface area contributed by atoms with Crippen molar-refractivity contribution in [3.05, 3.63) is 35.9 Å². The molecule has 1 aromatic rings. The number of hydrogen-bond acceptors (Lipinski definition) is 2. The van der Waals surface area contributed by atoms with E-state index in [1.807, 2.05) is 39.3 Å². The predicted molar refractivity (Wildman–Crippen MR) is 69.6 cm³/mol. The first kappa shape index (κ1) is 17.6. The van der Waals surface area contributed by atoms with Gasteiger partial charge in [0.2, 0.25) is 6.23 Å². The molecule has 0 aliphatic rings. The van der Waals surface area contributed by atoms with Gasteiger partial charge < -0.3 is 31.3 Å². The Morgan fingerprint density at radius 3 is 2.17 bits per heavy atom. The molecule has 0 amide bonds. The zero-order valence-corrected chi connectivity index (χ0v) is 13.2. The summed E-state index contributed by atoms with van der Waals surface area (Å²) in [6.45, 7) is 2.41. The molecule has 0 aromatic heterocycles. The third-order valence-electron chi connectivity index (χ3n) is 2.70. The van der Waals surface area contributed by atoms with Crippen molar-refractivity contribution in [2.45, 2.75) is 25.7 Å². The summed E-state index contributed by atoms with van der Waals surface area (Å²) in [5.74, 6) is 0. The summed E-state index contributed by atoms with van der Waals surface area (Å²) in [4.78, 5) is 0. The molecule has 4 heteroatoms. The molecule has 0 heterocycles. The minimum Gasteiger partial charge on any atom is -1.00 e. The molecule has 0 aliphatic heterocycles. The number of hydrogen-bond donors (Lipinski definition) is 1. The fourth-order valence-corrected chi connectivity index (χ4v) is 1.95. The molecule has 104 valence electrons. The van der Waals surface area contributed by atoms with Gasteiger partial charge in [0.1, 0.15) is 6.10 Å². The number of likely N-dealkylation sites (N-methyl/N-ethyl adjacent to an activating group) is 1. The molecule has 0 bridgehead atoms. The topological polar surface area (TPSA) is 29.5 Å². The summed E-state index contributed by atoms with van der Waals surface area (Å²) in [6, 6.07) is 10.2. The number of benzene rings is 1. The Morgan fingerprint density at radius 2 is 1.72 bits per heavy atom. The minimum atomic E-state index is -0.467. The fraction of sp³-hybridized carbons (Fsp3) is 0.571. The number of quaternary nitrogens is 1. The van der Waals surface area contributed by atoms with Crippen molar-refractivity contribution < 1.29 is 31.3 Å². The highest BCUT2D eigenvalue weighted by atomic mass is 79.9. The Kier molecular flexibility index (Phi) is 7.71. The zero-order chi connectivity index (χ0) is 12.9. The second-order valence-electron chi connectivity index (χ2n) is 5.35. The molecule has 1 N–H and O–H groups in total. The summed E-state index contributed by atoms with van der Waals surface area (Å²) < 4.78 is 6.40. The maximum absolute atomic E-state index is 9.70. The molecule has 1 rings (SSSR count). The van der Waals surface area contributed by atoms with Gasteiger partial charge in [0.05, 0.1) is 27.7 Å². The lowest BCUT2D eigenvalue weighted by Gasteiger charge is -2.35. The van der Waals surface area contributed by atoms with Crippen LogP contribution < -0.4 is 17.0 Å². The number of rotatable bonds is 6. The standard InChI is InChI=1S/C14H24NO2.BrH/c1-12(16)14(15(2,3)4)17-11-10-13-8-6-5-7-9-13;/h5-9,12,14,16H,10-11H2,1-4H3;1H/q+1;/p-1. The second kappa shape index (κ2) is 7.89. The maximum atomic E-state index is 9.70. The van der Waals surface area contributed by atoms with Crippen molar-refractivity contribution in [2.75, 3.05) is 27.7 Å². The smallest absolute Gasteiger partial charge is 0.218 e. The lowest BCUT2D eigenvalue weighted by Crippen LogP contribution is -3.00. The average Bonchev–Trinajstić information content (AvgIpc) is 2.23. The van der Waals surface area contributed by atoms with Crippen molar-refractivity contribution in [3.8, 4) is 0 Å². The number of aliphatic hydroxyl groups is 1. The van der Waals surface area contributed by atoms with E-state index in [1.54, 1.807) is 6.92 Å². The average molecular weight is 318 g/mol. The highest BCUT2D eigenvalue weighted by Gasteiger charge is 2.29. The van der Waals surface area contributed by atoms with Crippen molar-refractivity contribution >= 4 is 0 Å². The van der Waals surface area contributed by atoms with Gasteiger partial charge in [-0.05, 0) is 18.9 Å². The van der Waals surface area contributed by atoms with Gasteiger partial charge in [0.15, 0.2) is 0 Å². The van der Waals surface area contributed by atoms with E-state index in [9.17, 15) is 5.11 Å². The zero-order valence-electron chi connectivity index (χ0n) is 11.6. The number of ether oxygens (including phenoxy) is 1. The summed E-state index contributed by atoms with van der Waals surface area (Å²) in [7, 11) is 6.08. The third kappa shape index (κ3) is 5.96. The van der Waals surface area contributed by atoms with Crippen molar-refractivity contribution in [1.29, 1.82) is 0 Å². The van der Waals surface area contributed by atoms with Gasteiger partial charge in [-0.1, -0.05) is 30.3 Å². The second-order valence-corrected chi connectivity index (χ2v) is 5.35. The van der Waals surface area contributed by atoms with Crippen LogP contribution in [0.5, 0.6) is 0 Å². The first-order valence-corrected chi connectivity index (χ1v) is 6.06. The molecule has 2 atom stereocenters. The molecule has 1 aromatic carbocycles. The van der Waals surface area contributed by atoms with E-state index in [-0.39, 0.29) is 23.2 Å². The van der Waals surface area contributed by atoms with E-state index in [0.29, 0.717) is 11.1 Å². The van der Waals surface area contributed by atoms with Gasteiger partial charge in [-0.3, -0.25) is 0 Å². The number of nitrogens with zero attached hydrogens (tertiary/aromatic N) is 1. The third-order valence-corrected chi connectivity index (χ3v) is 2.70. The Labute approximate surface area is 121 Å². The normalized spacial score (nSPS) is 14.7. The van der Waals surface area contributed by atoms with E-state index >= 15 is 0 Å². The monoisotopic (exact) mass is 317 g/mol. The fourth-order valence-electron chi connectivity index (χ4n) is 1.95. The summed E-state index contributed by atoms with van der Waals surface area (Å²) >= 11 is 0. The van der Waals surface area contributed by atoms with Crippen LogP contribution in [0.25, 0.3) is 0 Å². The van der Waals surface area contributed by atoms with E-state index in [2.05, 4.69) is 12.1 Å². The SMILES string of the molecule is CC(O)C(OCCc1ccccc1)[N+](C)(C)C.[Br-]. The van der Waals surface area contributed by atoms with Crippen molar-refractivity contribution in [1.82, 2.24) is 0 Å². The van der Waals surface area contributed by atoms with E-state index in [4.69, 9.17) is 4.74 Å². The molecule has 0 saturated heterocycles. The van der Waals surface area contributed by atoms with Gasteiger partial charge >= 0.3 is 0 Å². The van der Waals surface area contributed by atoms with Crippen LogP contribution in [-0.4, -0.2) is 49.7 Å². The molecule has 3 nitrogen and oxygen atoms in total. The quantitative estimate of drug-likeness (QED) is 0.520. The van der Waals surface area contributed by atoms with Gasteiger partial charge in [-0.2, -0.15) is 0 Å². The van der Waals surface area contributed by atoms with Crippen LogP contribution in [0.1, 0.15) is 12.5 Å². The summed E-state index contributed by atoms with van der Waals surface area (Å²) in [5, 5.41) is 9.70. The number of halogens is 1. The lowest BCUT2D eigenvalue weighted by atomic mass is 10.2. The summed E-state index contributed by atoms with van der Waals surface area (Å²) in [6.07, 6.45) is 0.230. The van der Waals surface area contributed by atoms with Crippen LogP contribution in [0.4, 0.5) is 0 Å². The van der Waals surface area contributed by atoms with E-state index in [1.165, 1.54) is 5.56 Å². The van der Waals surface area contributed by atoms with Crippen LogP contribution in [0.2, 0.25) is 0 Å². The largest absolute Gasteiger partial charge is 1.00 e.